The molecule has 1 atom stereocenters. The Morgan fingerprint density at radius 2 is 2.05 bits per heavy atom. The van der Waals surface area contributed by atoms with Gasteiger partial charge in [0.15, 0.2) is 0 Å². The van der Waals surface area contributed by atoms with Crippen LogP contribution in [-0.2, 0) is 0 Å². The molecule has 4 nitrogen and oxygen atoms in total. The Balaban J connectivity index is 2.66. The van der Waals surface area contributed by atoms with Crippen LogP contribution in [0.25, 0.3) is 0 Å². The van der Waals surface area contributed by atoms with E-state index in [2.05, 4.69) is 5.32 Å². The van der Waals surface area contributed by atoms with Gasteiger partial charge in [0.05, 0.1) is 17.5 Å². The Morgan fingerprint density at radius 1 is 1.41 bits per heavy atom. The zero-order chi connectivity index (χ0) is 16.8. The molecule has 8 heteroatoms. The third-order valence-corrected chi connectivity index (χ3v) is 3.89. The zero-order valence-electron chi connectivity index (χ0n) is 12.4. The quantitative estimate of drug-likeness (QED) is 0.781. The van der Waals surface area contributed by atoms with Crippen molar-refractivity contribution in [1.82, 2.24) is 4.90 Å². The summed E-state index contributed by atoms with van der Waals surface area (Å²) in [6.07, 6.45) is -4.37. The molecule has 1 unspecified atom stereocenters. The summed E-state index contributed by atoms with van der Waals surface area (Å²) in [5.74, 6) is -1.02. The molecule has 0 aliphatic rings. The number of hydrogen-bond donors (Lipinski definition) is 2. The highest BCUT2D eigenvalue weighted by Crippen LogP contribution is 2.32. The first-order valence-corrected chi connectivity index (χ1v) is 7.66. The van der Waals surface area contributed by atoms with Crippen molar-refractivity contribution in [3.63, 3.8) is 0 Å². The number of rotatable bonds is 6. The van der Waals surface area contributed by atoms with Gasteiger partial charge in [-0.3, -0.25) is 0 Å². The Labute approximate surface area is 131 Å². The van der Waals surface area contributed by atoms with Gasteiger partial charge in [-0.1, -0.05) is 12.1 Å². The number of alkyl halides is 3. The van der Waals surface area contributed by atoms with Crippen LogP contribution < -0.4 is 5.32 Å². The highest BCUT2D eigenvalue weighted by atomic mass is 32.2. The topological polar surface area (TPSA) is 52.6 Å². The van der Waals surface area contributed by atoms with Crippen molar-refractivity contribution in [2.75, 3.05) is 24.7 Å². The van der Waals surface area contributed by atoms with E-state index in [9.17, 15) is 23.1 Å². The molecule has 124 valence electrons. The predicted molar refractivity (Wildman–Crippen MR) is 81.2 cm³/mol. The minimum Gasteiger partial charge on any atom is -0.393 e. The molecule has 1 rings (SSSR count). The number of amides is 2. The van der Waals surface area contributed by atoms with E-state index in [0.29, 0.717) is 35.3 Å². The van der Waals surface area contributed by atoms with Gasteiger partial charge >= 0.3 is 12.2 Å². The van der Waals surface area contributed by atoms with Crippen molar-refractivity contribution in [1.29, 1.82) is 0 Å². The second-order valence-electron chi connectivity index (χ2n) is 4.89. The van der Waals surface area contributed by atoms with Crippen molar-refractivity contribution < 1.29 is 23.1 Å². The Morgan fingerprint density at radius 3 is 2.64 bits per heavy atom. The van der Waals surface area contributed by atoms with Gasteiger partial charge in [0, 0.05) is 18.5 Å². The SMILES string of the molecule is CC(O)CCN(C)C(=O)Nc1ccccc1SCC(F)(F)F. The Hall–Kier alpha value is -1.41. The van der Waals surface area contributed by atoms with Crippen LogP contribution in [0.4, 0.5) is 23.7 Å². The minimum absolute atomic E-state index is 0.339. The fourth-order valence-corrected chi connectivity index (χ4v) is 2.32. The molecule has 0 aliphatic carbocycles. The summed E-state index contributed by atoms with van der Waals surface area (Å²) >= 11 is 0.628. The first-order valence-electron chi connectivity index (χ1n) is 6.68. The van der Waals surface area contributed by atoms with Crippen molar-refractivity contribution in [3.8, 4) is 0 Å². The number of halogens is 3. The summed E-state index contributed by atoms with van der Waals surface area (Å²) < 4.78 is 36.9. The summed E-state index contributed by atoms with van der Waals surface area (Å²) in [7, 11) is 1.56. The van der Waals surface area contributed by atoms with E-state index in [1.165, 1.54) is 11.0 Å². The number of benzene rings is 1. The van der Waals surface area contributed by atoms with Crippen LogP contribution in [0.15, 0.2) is 29.2 Å². The molecule has 0 spiro atoms. The molecule has 1 aromatic carbocycles. The van der Waals surface area contributed by atoms with Crippen LogP contribution in [0, 0.1) is 0 Å². The fourth-order valence-electron chi connectivity index (χ4n) is 1.55. The van der Waals surface area contributed by atoms with Crippen LogP contribution in [0.1, 0.15) is 13.3 Å². The molecule has 0 radical (unpaired) electrons. The van der Waals surface area contributed by atoms with Gasteiger partial charge in [-0.25, -0.2) is 4.79 Å². The van der Waals surface area contributed by atoms with E-state index in [1.54, 1.807) is 32.2 Å². The van der Waals surface area contributed by atoms with E-state index < -0.39 is 24.1 Å². The second-order valence-corrected chi connectivity index (χ2v) is 5.91. The van der Waals surface area contributed by atoms with Crippen molar-refractivity contribution in [2.24, 2.45) is 0 Å². The molecule has 2 amide bonds. The fraction of sp³-hybridized carbons (Fsp3) is 0.500. The van der Waals surface area contributed by atoms with Crippen molar-refractivity contribution in [2.45, 2.75) is 30.5 Å². The minimum atomic E-state index is -4.27. The lowest BCUT2D eigenvalue weighted by Crippen LogP contribution is -2.33. The molecule has 0 heterocycles. The van der Waals surface area contributed by atoms with E-state index >= 15 is 0 Å². The van der Waals surface area contributed by atoms with E-state index in [1.807, 2.05) is 0 Å². The normalized spacial score (nSPS) is 12.8. The van der Waals surface area contributed by atoms with Crippen LogP contribution in [0.2, 0.25) is 0 Å². The molecule has 1 aromatic rings. The highest BCUT2D eigenvalue weighted by Gasteiger charge is 2.27. The predicted octanol–water partition coefficient (Wildman–Crippen LogP) is 3.58. The van der Waals surface area contributed by atoms with Gasteiger partial charge in [0.1, 0.15) is 0 Å². The third-order valence-electron chi connectivity index (χ3n) is 2.75. The van der Waals surface area contributed by atoms with Crippen LogP contribution in [0.5, 0.6) is 0 Å². The summed E-state index contributed by atoms with van der Waals surface area (Å²) in [6, 6.07) is 5.91. The van der Waals surface area contributed by atoms with E-state index in [-0.39, 0.29) is 0 Å². The van der Waals surface area contributed by atoms with Gasteiger partial charge in [-0.05, 0) is 25.5 Å². The molecule has 0 aliphatic heterocycles. The van der Waals surface area contributed by atoms with Gasteiger partial charge in [-0.15, -0.1) is 11.8 Å². The number of carbonyl (C=O) groups is 1. The number of nitrogens with one attached hydrogen (secondary N) is 1. The van der Waals surface area contributed by atoms with E-state index in [0.717, 1.165) is 0 Å². The number of para-hydroxylation sites is 1. The lowest BCUT2D eigenvalue weighted by molar-refractivity contribution is -0.105. The largest absolute Gasteiger partial charge is 0.398 e. The molecule has 0 fully saturated rings. The third kappa shape index (κ3) is 7.04. The molecular weight excluding hydrogens is 317 g/mol. The number of aliphatic hydroxyl groups is 1. The maximum absolute atomic E-state index is 12.3. The average Bonchev–Trinajstić information content (AvgIpc) is 2.42. The highest BCUT2D eigenvalue weighted by molar-refractivity contribution is 7.99. The van der Waals surface area contributed by atoms with Crippen molar-refractivity contribution >= 4 is 23.5 Å². The lowest BCUT2D eigenvalue weighted by Gasteiger charge is -2.20. The molecule has 0 saturated carbocycles. The van der Waals surface area contributed by atoms with Crippen LogP contribution in [-0.4, -0.2) is 47.7 Å². The maximum atomic E-state index is 12.3. The van der Waals surface area contributed by atoms with Gasteiger partial charge < -0.3 is 15.3 Å². The van der Waals surface area contributed by atoms with Gasteiger partial charge in [-0.2, -0.15) is 13.2 Å². The van der Waals surface area contributed by atoms with Gasteiger partial charge in [0.25, 0.3) is 0 Å². The standard InChI is InChI=1S/C14H19F3N2O2S/c1-10(20)7-8-19(2)13(21)18-11-5-3-4-6-12(11)22-9-14(15,16)17/h3-6,10,20H,7-9H2,1-2H3,(H,18,21). The molecule has 22 heavy (non-hydrogen) atoms. The first kappa shape index (κ1) is 18.6. The molecule has 0 saturated heterocycles. The van der Waals surface area contributed by atoms with Crippen molar-refractivity contribution in [3.05, 3.63) is 24.3 Å². The Bertz CT molecular complexity index is 495. The summed E-state index contributed by atoms with van der Waals surface area (Å²) in [4.78, 5) is 13.7. The maximum Gasteiger partial charge on any atom is 0.398 e. The average molecular weight is 336 g/mol. The number of hydrogen-bond acceptors (Lipinski definition) is 3. The number of urea groups is 1. The smallest absolute Gasteiger partial charge is 0.393 e. The lowest BCUT2D eigenvalue weighted by atomic mass is 10.3. The molecule has 0 aromatic heterocycles. The van der Waals surface area contributed by atoms with E-state index in [4.69, 9.17) is 0 Å². The molecule has 2 N–H and O–H groups in total. The number of thioether (sulfide) groups is 1. The monoisotopic (exact) mass is 336 g/mol. The van der Waals surface area contributed by atoms with Crippen LogP contribution in [0.3, 0.4) is 0 Å². The number of carbonyl (C=O) groups excluding carboxylic acids is 1. The first-order chi connectivity index (χ1) is 10.2. The summed E-state index contributed by atoms with van der Waals surface area (Å²) in [5, 5.41) is 11.8. The number of nitrogens with zero attached hydrogens (tertiary/aromatic N) is 1. The van der Waals surface area contributed by atoms with Crippen LogP contribution >= 0.6 is 11.8 Å². The summed E-state index contributed by atoms with van der Waals surface area (Å²) in [5.41, 5.74) is 0.339. The number of aliphatic hydroxyl groups excluding tert-OH is 1. The Kier molecular flexibility index (Phi) is 7.02. The molecule has 0 bridgehead atoms. The zero-order valence-corrected chi connectivity index (χ0v) is 13.2. The second kappa shape index (κ2) is 8.28. The summed E-state index contributed by atoms with van der Waals surface area (Å²) in [6.45, 7) is 1.97. The van der Waals surface area contributed by atoms with Gasteiger partial charge in [0.2, 0.25) is 0 Å². The molecular formula is C14H19F3N2O2S. The number of anilines is 1.